The smallest absolute Gasteiger partial charge is 0.336 e. The fraction of sp³-hybridized carbons (Fsp3) is 0.111. The van der Waals surface area contributed by atoms with Crippen LogP contribution in [-0.2, 0) is 5.75 Å². The van der Waals surface area contributed by atoms with Crippen molar-refractivity contribution >= 4 is 39.4 Å². The molecule has 9 heteroatoms. The standard InChI is InChI=1S/C27H20N4O4S/c1-15-7-3-5-9-20(15)30-25(34)19-8-4-6-10-21(19)31-26(30)28-29-27(31)36-14-17-13-23(33)35-24-16(2)22(32)12-11-18(17)24/h3-13,32H,14H2,1-2H3. The average molecular weight is 497 g/mol. The maximum Gasteiger partial charge on any atom is 0.336 e. The Morgan fingerprint density at radius 3 is 2.56 bits per heavy atom. The van der Waals surface area contributed by atoms with Gasteiger partial charge < -0.3 is 9.52 Å². The number of aryl methyl sites for hydroxylation is 2. The molecule has 3 aromatic carbocycles. The van der Waals surface area contributed by atoms with E-state index in [0.717, 1.165) is 22.2 Å². The van der Waals surface area contributed by atoms with Crippen molar-refractivity contribution in [1.29, 1.82) is 0 Å². The summed E-state index contributed by atoms with van der Waals surface area (Å²) in [5.74, 6) is 0.888. The Balaban J connectivity index is 1.54. The first kappa shape index (κ1) is 22.1. The molecule has 0 aliphatic heterocycles. The number of aromatic hydroxyl groups is 1. The van der Waals surface area contributed by atoms with Gasteiger partial charge in [0.1, 0.15) is 11.3 Å². The van der Waals surface area contributed by atoms with Crippen LogP contribution in [0.25, 0.3) is 33.3 Å². The van der Waals surface area contributed by atoms with E-state index in [1.54, 1.807) is 29.7 Å². The Hall–Kier alpha value is -4.37. The molecule has 0 saturated carbocycles. The van der Waals surface area contributed by atoms with Crippen LogP contribution >= 0.6 is 11.8 Å². The largest absolute Gasteiger partial charge is 0.508 e. The van der Waals surface area contributed by atoms with E-state index in [0.29, 0.717) is 38.7 Å². The van der Waals surface area contributed by atoms with Crippen LogP contribution in [0.5, 0.6) is 5.75 Å². The topological polar surface area (TPSA) is 103 Å². The lowest BCUT2D eigenvalue weighted by Gasteiger charge is -2.13. The molecule has 0 saturated heterocycles. The molecule has 3 heterocycles. The molecule has 8 nitrogen and oxygen atoms in total. The van der Waals surface area contributed by atoms with E-state index in [4.69, 9.17) is 4.42 Å². The highest BCUT2D eigenvalue weighted by Gasteiger charge is 2.19. The zero-order chi connectivity index (χ0) is 25.0. The predicted molar refractivity (Wildman–Crippen MR) is 139 cm³/mol. The second kappa shape index (κ2) is 8.39. The van der Waals surface area contributed by atoms with Crippen molar-refractivity contribution in [3.05, 3.63) is 104 Å². The van der Waals surface area contributed by atoms with E-state index in [9.17, 15) is 14.7 Å². The minimum Gasteiger partial charge on any atom is -0.508 e. The van der Waals surface area contributed by atoms with Gasteiger partial charge in [0.2, 0.25) is 5.78 Å². The van der Waals surface area contributed by atoms with E-state index >= 15 is 0 Å². The molecule has 0 radical (unpaired) electrons. The van der Waals surface area contributed by atoms with Crippen molar-refractivity contribution in [3.63, 3.8) is 0 Å². The second-order valence-electron chi connectivity index (χ2n) is 8.53. The van der Waals surface area contributed by atoms with Crippen molar-refractivity contribution < 1.29 is 9.52 Å². The monoisotopic (exact) mass is 496 g/mol. The number of aromatic nitrogens is 4. The van der Waals surface area contributed by atoms with E-state index in [2.05, 4.69) is 10.2 Å². The number of rotatable bonds is 4. The minimum atomic E-state index is -0.489. The number of hydrogen-bond donors (Lipinski definition) is 1. The van der Waals surface area contributed by atoms with Crippen molar-refractivity contribution in [1.82, 2.24) is 19.2 Å². The van der Waals surface area contributed by atoms with Gasteiger partial charge in [-0.25, -0.2) is 9.36 Å². The van der Waals surface area contributed by atoms with Crippen LogP contribution in [0.4, 0.5) is 0 Å². The lowest BCUT2D eigenvalue weighted by molar-refractivity contribution is 0.468. The van der Waals surface area contributed by atoms with Crippen LogP contribution in [0, 0.1) is 13.8 Å². The summed E-state index contributed by atoms with van der Waals surface area (Å²) in [7, 11) is 0. The summed E-state index contributed by atoms with van der Waals surface area (Å²) < 4.78 is 8.84. The predicted octanol–water partition coefficient (Wildman–Crippen LogP) is 4.75. The third kappa shape index (κ3) is 3.39. The third-order valence-corrected chi connectivity index (χ3v) is 7.30. The van der Waals surface area contributed by atoms with E-state index < -0.39 is 5.63 Å². The highest BCUT2D eigenvalue weighted by Crippen LogP contribution is 2.31. The summed E-state index contributed by atoms with van der Waals surface area (Å²) >= 11 is 1.40. The number of hydrogen-bond acceptors (Lipinski definition) is 7. The lowest BCUT2D eigenvalue weighted by atomic mass is 10.1. The molecule has 36 heavy (non-hydrogen) atoms. The van der Waals surface area contributed by atoms with E-state index in [-0.39, 0.29) is 11.3 Å². The van der Waals surface area contributed by atoms with Crippen LogP contribution in [0.2, 0.25) is 0 Å². The molecule has 0 aliphatic carbocycles. The Morgan fingerprint density at radius 1 is 0.944 bits per heavy atom. The average Bonchev–Trinajstić information content (AvgIpc) is 3.30. The van der Waals surface area contributed by atoms with E-state index in [1.165, 1.54) is 17.8 Å². The van der Waals surface area contributed by atoms with Gasteiger partial charge in [-0.15, -0.1) is 10.2 Å². The summed E-state index contributed by atoms with van der Waals surface area (Å²) in [6.07, 6.45) is 0. The molecule has 0 bridgehead atoms. The molecule has 178 valence electrons. The summed E-state index contributed by atoms with van der Waals surface area (Å²) in [4.78, 5) is 25.8. The Bertz CT molecular complexity index is 1940. The number of phenolic OH excluding ortho intramolecular Hbond substituents is 1. The molecule has 0 atom stereocenters. The first-order valence-electron chi connectivity index (χ1n) is 11.3. The normalized spacial score (nSPS) is 11.6. The van der Waals surface area contributed by atoms with Crippen LogP contribution in [0.1, 0.15) is 16.7 Å². The van der Waals surface area contributed by atoms with Gasteiger partial charge >= 0.3 is 5.63 Å². The Kier molecular flexibility index (Phi) is 5.15. The van der Waals surface area contributed by atoms with Gasteiger partial charge in [-0.2, -0.15) is 0 Å². The molecule has 0 spiro atoms. The maximum atomic E-state index is 13.5. The number of nitrogens with zero attached hydrogens (tertiary/aromatic N) is 4. The van der Waals surface area contributed by atoms with Crippen molar-refractivity contribution in [2.45, 2.75) is 24.8 Å². The van der Waals surface area contributed by atoms with Crippen LogP contribution in [0.15, 0.2) is 85.9 Å². The molecule has 0 amide bonds. The quantitative estimate of drug-likeness (QED) is 0.277. The number of fused-ring (bicyclic) bond motifs is 4. The lowest BCUT2D eigenvalue weighted by Crippen LogP contribution is -2.22. The molecule has 6 aromatic rings. The Labute approximate surface area is 208 Å². The van der Waals surface area contributed by atoms with Gasteiger partial charge in [0.15, 0.2) is 5.16 Å². The van der Waals surface area contributed by atoms with Gasteiger partial charge in [-0.3, -0.25) is 9.20 Å². The number of phenols is 1. The number of thioether (sulfide) groups is 1. The second-order valence-corrected chi connectivity index (χ2v) is 9.47. The molecule has 0 aliphatic rings. The highest BCUT2D eigenvalue weighted by atomic mass is 32.2. The Morgan fingerprint density at radius 2 is 1.72 bits per heavy atom. The van der Waals surface area contributed by atoms with Gasteiger partial charge in [0, 0.05) is 22.8 Å². The molecular weight excluding hydrogens is 476 g/mol. The van der Waals surface area contributed by atoms with Crippen molar-refractivity contribution in [3.8, 4) is 11.4 Å². The molecular formula is C27H20N4O4S. The van der Waals surface area contributed by atoms with Crippen LogP contribution < -0.4 is 11.2 Å². The zero-order valence-corrected chi connectivity index (χ0v) is 20.2. The fourth-order valence-electron chi connectivity index (χ4n) is 4.48. The van der Waals surface area contributed by atoms with Crippen LogP contribution in [-0.4, -0.2) is 24.3 Å². The van der Waals surface area contributed by atoms with Gasteiger partial charge in [0.25, 0.3) is 5.56 Å². The summed E-state index contributed by atoms with van der Waals surface area (Å²) in [6, 6.07) is 19.8. The van der Waals surface area contributed by atoms with Gasteiger partial charge in [-0.1, -0.05) is 42.1 Å². The molecule has 1 N–H and O–H groups in total. The molecule has 3 aromatic heterocycles. The first-order chi connectivity index (χ1) is 17.4. The van der Waals surface area contributed by atoms with E-state index in [1.807, 2.05) is 53.8 Å². The molecule has 0 unspecified atom stereocenters. The highest BCUT2D eigenvalue weighted by molar-refractivity contribution is 7.98. The fourth-order valence-corrected chi connectivity index (χ4v) is 5.41. The van der Waals surface area contributed by atoms with Crippen LogP contribution in [0.3, 0.4) is 0 Å². The molecule has 6 rings (SSSR count). The third-order valence-electron chi connectivity index (χ3n) is 6.33. The summed E-state index contributed by atoms with van der Waals surface area (Å²) in [5.41, 5.74) is 3.35. The zero-order valence-electron chi connectivity index (χ0n) is 19.4. The SMILES string of the molecule is Cc1ccccc1-n1c(=O)c2ccccc2n2c(SCc3cc(=O)oc4c(C)c(O)ccc34)nnc12. The maximum absolute atomic E-state index is 13.5. The number of benzene rings is 3. The summed E-state index contributed by atoms with van der Waals surface area (Å²) in [5, 5.41) is 20.8. The van der Waals surface area contributed by atoms with Crippen molar-refractivity contribution in [2.75, 3.05) is 0 Å². The minimum absolute atomic E-state index is 0.0690. The van der Waals surface area contributed by atoms with Crippen molar-refractivity contribution in [2.24, 2.45) is 0 Å². The molecule has 0 fully saturated rings. The number of para-hydroxylation sites is 2. The van der Waals surface area contributed by atoms with Gasteiger partial charge in [0.05, 0.1) is 16.6 Å². The van der Waals surface area contributed by atoms with Gasteiger partial charge in [-0.05, 0) is 55.3 Å². The first-order valence-corrected chi connectivity index (χ1v) is 12.3. The summed E-state index contributed by atoms with van der Waals surface area (Å²) in [6.45, 7) is 3.66.